The van der Waals surface area contributed by atoms with Crippen molar-refractivity contribution in [1.29, 1.82) is 0 Å². The molecule has 2 saturated carbocycles. The summed E-state index contributed by atoms with van der Waals surface area (Å²) in [6, 6.07) is 4.04. The molecule has 0 aliphatic heterocycles. The fourth-order valence-corrected chi connectivity index (χ4v) is 5.74. The van der Waals surface area contributed by atoms with Crippen molar-refractivity contribution in [2.45, 2.75) is 51.0 Å². The first-order valence-corrected chi connectivity index (χ1v) is 11.7. The van der Waals surface area contributed by atoms with Gasteiger partial charge in [0.2, 0.25) is 0 Å². The Bertz CT molecular complexity index is 1060. The van der Waals surface area contributed by atoms with Gasteiger partial charge in [-0.3, -0.25) is 9.59 Å². The molecule has 2 aliphatic carbocycles. The van der Waals surface area contributed by atoms with E-state index in [4.69, 9.17) is 16.3 Å². The molecule has 2 aliphatic rings. The van der Waals surface area contributed by atoms with Gasteiger partial charge in [0, 0.05) is 18.7 Å². The van der Waals surface area contributed by atoms with Gasteiger partial charge in [-0.1, -0.05) is 11.6 Å². The van der Waals surface area contributed by atoms with E-state index in [0.29, 0.717) is 30.8 Å². The first kappa shape index (κ1) is 23.7. The molecule has 4 rings (SSSR count). The van der Waals surface area contributed by atoms with E-state index in [1.165, 1.54) is 18.2 Å². The number of carbonyl (C=O) groups excluding carboxylic acids is 2. The van der Waals surface area contributed by atoms with Crippen LogP contribution in [-0.2, 0) is 16.6 Å². The highest BCUT2D eigenvalue weighted by Crippen LogP contribution is 2.55. The first-order valence-electron chi connectivity index (χ1n) is 11.3. The number of fused-ring (bicyclic) bond motifs is 1. The number of ether oxygens (including phenoxy) is 1. The number of halogens is 2. The maximum atomic E-state index is 13.4. The van der Waals surface area contributed by atoms with Crippen molar-refractivity contribution in [3.63, 3.8) is 0 Å². The summed E-state index contributed by atoms with van der Waals surface area (Å²) in [4.78, 5) is 29.8. The Balaban J connectivity index is 1.47. The van der Waals surface area contributed by atoms with E-state index >= 15 is 0 Å². The Morgan fingerprint density at radius 3 is 2.64 bits per heavy atom. The van der Waals surface area contributed by atoms with E-state index < -0.39 is 17.3 Å². The van der Waals surface area contributed by atoms with Gasteiger partial charge < -0.3 is 19.7 Å². The van der Waals surface area contributed by atoms with Crippen LogP contribution in [0.5, 0.6) is 0 Å². The van der Waals surface area contributed by atoms with Gasteiger partial charge in [0.05, 0.1) is 35.2 Å². The third kappa shape index (κ3) is 4.51. The molecule has 1 amide bonds. The van der Waals surface area contributed by atoms with Crippen molar-refractivity contribution in [1.82, 2.24) is 9.55 Å². The van der Waals surface area contributed by atoms with Crippen LogP contribution in [0.3, 0.4) is 0 Å². The second kappa shape index (κ2) is 9.06. The molecule has 0 spiro atoms. The summed E-state index contributed by atoms with van der Waals surface area (Å²) in [6.45, 7) is 3.79. The zero-order chi connectivity index (χ0) is 23.9. The highest BCUT2D eigenvalue weighted by Gasteiger charge is 2.53. The standard InChI is InChI=1S/C24H29ClFN3O4/c1-4-33-23(31)13(2)24(32)10-15-7-14(8-16(15)11-24)20-21(29(3)12-27-20)22(30)28-17-5-6-19(26)18(25)9-17/h5-6,9,12-16,32H,4,7-8,10-11H2,1-3H3,(H,28,30). The number of carbonyl (C=O) groups is 2. The molecular formula is C24H29ClFN3O4. The number of aryl methyl sites for hydroxylation is 1. The summed E-state index contributed by atoms with van der Waals surface area (Å²) >= 11 is 5.83. The summed E-state index contributed by atoms with van der Waals surface area (Å²) in [5.41, 5.74) is 0.522. The molecule has 3 unspecified atom stereocenters. The molecule has 178 valence electrons. The second-order valence-corrected chi connectivity index (χ2v) is 9.75. The number of esters is 1. The lowest BCUT2D eigenvalue weighted by atomic mass is 9.83. The Labute approximate surface area is 197 Å². The molecule has 0 bridgehead atoms. The lowest BCUT2D eigenvalue weighted by Gasteiger charge is -2.29. The summed E-state index contributed by atoms with van der Waals surface area (Å²) in [6.07, 6.45) is 4.28. The lowest BCUT2D eigenvalue weighted by molar-refractivity contribution is -0.157. The summed E-state index contributed by atoms with van der Waals surface area (Å²) in [5.74, 6) is -1.22. The van der Waals surface area contributed by atoms with Crippen LogP contribution < -0.4 is 5.32 Å². The second-order valence-electron chi connectivity index (χ2n) is 9.35. The van der Waals surface area contributed by atoms with E-state index in [1.807, 2.05) is 0 Å². The molecular weight excluding hydrogens is 449 g/mol. The van der Waals surface area contributed by atoms with E-state index in [9.17, 15) is 19.1 Å². The molecule has 2 N–H and O–H groups in total. The first-order chi connectivity index (χ1) is 15.6. The Morgan fingerprint density at radius 1 is 1.36 bits per heavy atom. The summed E-state index contributed by atoms with van der Waals surface area (Å²) in [7, 11) is 1.76. The minimum Gasteiger partial charge on any atom is -0.466 e. The number of nitrogens with one attached hydrogen (secondary N) is 1. The molecule has 7 nitrogen and oxygen atoms in total. The molecule has 2 fully saturated rings. The monoisotopic (exact) mass is 477 g/mol. The molecule has 1 aromatic heterocycles. The summed E-state index contributed by atoms with van der Waals surface area (Å²) in [5, 5.41) is 13.9. The Morgan fingerprint density at radius 2 is 2.03 bits per heavy atom. The van der Waals surface area contributed by atoms with Crippen LogP contribution in [0.1, 0.15) is 61.6 Å². The Kier molecular flexibility index (Phi) is 6.51. The molecule has 0 saturated heterocycles. The zero-order valence-corrected chi connectivity index (χ0v) is 19.7. The van der Waals surface area contributed by atoms with E-state index in [0.717, 1.165) is 18.5 Å². The van der Waals surface area contributed by atoms with Gasteiger partial charge in [0.25, 0.3) is 5.91 Å². The van der Waals surface area contributed by atoms with Gasteiger partial charge in [0.15, 0.2) is 0 Å². The topological polar surface area (TPSA) is 93.4 Å². The third-order valence-corrected chi connectivity index (χ3v) is 7.55. The largest absolute Gasteiger partial charge is 0.466 e. The molecule has 0 radical (unpaired) electrons. The average molecular weight is 478 g/mol. The predicted molar refractivity (Wildman–Crippen MR) is 122 cm³/mol. The predicted octanol–water partition coefficient (Wildman–Crippen LogP) is 4.30. The van der Waals surface area contributed by atoms with Gasteiger partial charge in [-0.15, -0.1) is 0 Å². The summed E-state index contributed by atoms with van der Waals surface area (Å²) < 4.78 is 20.2. The molecule has 33 heavy (non-hydrogen) atoms. The van der Waals surface area contributed by atoms with Crippen molar-refractivity contribution in [3.8, 4) is 0 Å². The SMILES string of the molecule is CCOC(=O)C(C)C1(O)CC2CC(c3ncn(C)c3C(=O)Nc3ccc(F)c(Cl)c3)CC2C1. The van der Waals surface area contributed by atoms with Crippen molar-refractivity contribution in [2.75, 3.05) is 11.9 Å². The van der Waals surface area contributed by atoms with Crippen LogP contribution in [0.4, 0.5) is 10.1 Å². The van der Waals surface area contributed by atoms with Crippen LogP contribution >= 0.6 is 11.6 Å². The normalized spacial score (nSPS) is 27.3. The van der Waals surface area contributed by atoms with Crippen molar-refractivity contribution >= 4 is 29.2 Å². The highest BCUT2D eigenvalue weighted by atomic mass is 35.5. The van der Waals surface area contributed by atoms with Crippen LogP contribution in [0.25, 0.3) is 0 Å². The number of imidazole rings is 1. The van der Waals surface area contributed by atoms with Gasteiger partial charge in [0.1, 0.15) is 11.5 Å². The minimum absolute atomic E-state index is 0.0637. The smallest absolute Gasteiger partial charge is 0.311 e. The van der Waals surface area contributed by atoms with Crippen molar-refractivity contribution in [3.05, 3.63) is 46.8 Å². The molecule has 2 aromatic rings. The zero-order valence-electron chi connectivity index (χ0n) is 19.0. The van der Waals surface area contributed by atoms with Gasteiger partial charge in [-0.2, -0.15) is 0 Å². The van der Waals surface area contributed by atoms with Crippen LogP contribution in [0.2, 0.25) is 5.02 Å². The van der Waals surface area contributed by atoms with Crippen molar-refractivity contribution in [2.24, 2.45) is 24.8 Å². The number of amides is 1. The van der Waals surface area contributed by atoms with E-state index in [1.54, 1.807) is 31.8 Å². The molecule has 1 heterocycles. The molecule has 1 aromatic carbocycles. The van der Waals surface area contributed by atoms with Crippen LogP contribution in [-0.4, -0.2) is 38.7 Å². The number of anilines is 1. The maximum Gasteiger partial charge on any atom is 0.311 e. The number of hydrogen-bond acceptors (Lipinski definition) is 5. The quantitative estimate of drug-likeness (QED) is 0.605. The number of rotatable bonds is 6. The minimum atomic E-state index is -1.06. The van der Waals surface area contributed by atoms with Crippen LogP contribution in [0, 0.1) is 23.6 Å². The van der Waals surface area contributed by atoms with Gasteiger partial charge >= 0.3 is 5.97 Å². The number of aliphatic hydroxyl groups is 1. The fourth-order valence-electron chi connectivity index (χ4n) is 5.55. The van der Waals surface area contributed by atoms with E-state index in [2.05, 4.69) is 10.3 Å². The number of hydrogen-bond donors (Lipinski definition) is 2. The number of benzene rings is 1. The Hall–Kier alpha value is -2.45. The number of aromatic nitrogens is 2. The maximum absolute atomic E-state index is 13.4. The molecule has 9 heteroatoms. The average Bonchev–Trinajstić information content (AvgIpc) is 3.41. The van der Waals surface area contributed by atoms with Crippen LogP contribution in [0.15, 0.2) is 24.5 Å². The van der Waals surface area contributed by atoms with Crippen molar-refractivity contribution < 1.29 is 23.8 Å². The third-order valence-electron chi connectivity index (χ3n) is 7.26. The molecule has 3 atom stereocenters. The fraction of sp³-hybridized carbons (Fsp3) is 0.542. The highest BCUT2D eigenvalue weighted by molar-refractivity contribution is 6.31. The van der Waals surface area contributed by atoms with Gasteiger partial charge in [-0.05, 0) is 69.6 Å². The van der Waals surface area contributed by atoms with Gasteiger partial charge in [-0.25, -0.2) is 9.37 Å². The van der Waals surface area contributed by atoms with E-state index in [-0.39, 0.29) is 34.7 Å². The number of nitrogens with zero attached hydrogens (tertiary/aromatic N) is 2. The lowest BCUT2D eigenvalue weighted by Crippen LogP contribution is -2.40.